The van der Waals surface area contributed by atoms with Crippen molar-refractivity contribution >= 4 is 45.2 Å². The lowest BCUT2D eigenvalue weighted by Crippen LogP contribution is -2.11. The van der Waals surface area contributed by atoms with E-state index in [9.17, 15) is 4.79 Å². The van der Waals surface area contributed by atoms with Gasteiger partial charge in [0.05, 0.1) is 10.6 Å². The second-order valence-corrected chi connectivity index (χ2v) is 7.69. The molecule has 0 atom stereocenters. The van der Waals surface area contributed by atoms with Crippen LogP contribution in [0.1, 0.15) is 22.3 Å². The Morgan fingerprint density at radius 3 is 2.92 bits per heavy atom. The van der Waals surface area contributed by atoms with Gasteiger partial charge in [-0.2, -0.15) is 0 Å². The SMILES string of the molecule is CCn1ccc2cc(NC(=O)c3sc(-c4cccs4)nc3C)ccc21. The van der Waals surface area contributed by atoms with E-state index >= 15 is 0 Å². The lowest BCUT2D eigenvalue weighted by Gasteiger charge is -2.06. The molecule has 0 saturated heterocycles. The minimum atomic E-state index is -0.105. The number of nitrogens with one attached hydrogen (secondary N) is 1. The van der Waals surface area contributed by atoms with E-state index in [1.807, 2.05) is 42.6 Å². The molecule has 0 radical (unpaired) electrons. The molecule has 1 N–H and O–H groups in total. The zero-order valence-electron chi connectivity index (χ0n) is 13.9. The number of amides is 1. The van der Waals surface area contributed by atoms with E-state index in [2.05, 4.69) is 34.1 Å². The molecule has 6 heteroatoms. The first-order valence-electron chi connectivity index (χ1n) is 8.07. The van der Waals surface area contributed by atoms with E-state index in [1.165, 1.54) is 16.9 Å². The number of benzene rings is 1. The van der Waals surface area contributed by atoms with E-state index in [1.54, 1.807) is 11.3 Å². The molecule has 0 aliphatic rings. The van der Waals surface area contributed by atoms with Gasteiger partial charge in [-0.1, -0.05) is 6.07 Å². The third kappa shape index (κ3) is 2.99. The normalized spacial score (nSPS) is 11.1. The highest BCUT2D eigenvalue weighted by Crippen LogP contribution is 2.31. The van der Waals surface area contributed by atoms with Crippen LogP contribution >= 0.6 is 22.7 Å². The van der Waals surface area contributed by atoms with Crippen LogP contribution in [0.3, 0.4) is 0 Å². The number of fused-ring (bicyclic) bond motifs is 1. The molecule has 3 heterocycles. The Morgan fingerprint density at radius 1 is 1.28 bits per heavy atom. The highest BCUT2D eigenvalue weighted by atomic mass is 32.1. The van der Waals surface area contributed by atoms with Crippen LogP contribution in [0.4, 0.5) is 5.69 Å². The van der Waals surface area contributed by atoms with Crippen LogP contribution in [-0.2, 0) is 6.54 Å². The Bertz CT molecular complexity index is 1040. The number of carbonyl (C=O) groups is 1. The largest absolute Gasteiger partial charge is 0.348 e. The van der Waals surface area contributed by atoms with Crippen LogP contribution in [0.2, 0.25) is 0 Å². The van der Waals surface area contributed by atoms with Gasteiger partial charge in [0.2, 0.25) is 0 Å². The van der Waals surface area contributed by atoms with Gasteiger partial charge in [-0.05, 0) is 49.6 Å². The molecule has 4 nitrogen and oxygen atoms in total. The molecule has 0 aliphatic carbocycles. The lowest BCUT2D eigenvalue weighted by atomic mass is 10.2. The molecule has 4 rings (SSSR count). The summed E-state index contributed by atoms with van der Waals surface area (Å²) in [7, 11) is 0. The van der Waals surface area contributed by atoms with Gasteiger partial charge in [0.25, 0.3) is 5.91 Å². The van der Waals surface area contributed by atoms with Crippen molar-refractivity contribution in [2.45, 2.75) is 20.4 Å². The summed E-state index contributed by atoms with van der Waals surface area (Å²) in [6, 6.07) is 12.1. The first-order chi connectivity index (χ1) is 12.2. The van der Waals surface area contributed by atoms with Gasteiger partial charge in [0, 0.05) is 29.3 Å². The van der Waals surface area contributed by atoms with Crippen molar-refractivity contribution in [1.29, 1.82) is 0 Å². The standard InChI is InChI=1S/C19H17N3OS2/c1-3-22-9-8-13-11-14(6-7-15(13)22)21-18(23)17-12(2)20-19(25-17)16-5-4-10-24-16/h4-11H,3H2,1-2H3,(H,21,23). The summed E-state index contributed by atoms with van der Waals surface area (Å²) >= 11 is 3.07. The zero-order valence-corrected chi connectivity index (χ0v) is 15.6. The van der Waals surface area contributed by atoms with Crippen molar-refractivity contribution in [2.75, 3.05) is 5.32 Å². The van der Waals surface area contributed by atoms with Crippen molar-refractivity contribution in [1.82, 2.24) is 9.55 Å². The van der Waals surface area contributed by atoms with E-state index in [-0.39, 0.29) is 5.91 Å². The lowest BCUT2D eigenvalue weighted by molar-refractivity contribution is 0.103. The van der Waals surface area contributed by atoms with Crippen molar-refractivity contribution < 1.29 is 4.79 Å². The van der Waals surface area contributed by atoms with Crippen molar-refractivity contribution in [3.63, 3.8) is 0 Å². The van der Waals surface area contributed by atoms with E-state index < -0.39 is 0 Å². The second kappa shape index (κ2) is 6.46. The maximum Gasteiger partial charge on any atom is 0.267 e. The number of thiophene rings is 1. The average molecular weight is 367 g/mol. The molecule has 0 unspecified atom stereocenters. The number of anilines is 1. The van der Waals surface area contributed by atoms with Crippen LogP contribution < -0.4 is 5.32 Å². The van der Waals surface area contributed by atoms with Gasteiger partial charge in [-0.15, -0.1) is 22.7 Å². The monoisotopic (exact) mass is 367 g/mol. The van der Waals surface area contributed by atoms with Crippen LogP contribution in [-0.4, -0.2) is 15.5 Å². The van der Waals surface area contributed by atoms with Crippen LogP contribution in [0.25, 0.3) is 20.8 Å². The third-order valence-electron chi connectivity index (χ3n) is 4.10. The Labute approximate surface area is 153 Å². The molecule has 1 aromatic carbocycles. The van der Waals surface area contributed by atoms with Gasteiger partial charge in [-0.25, -0.2) is 4.98 Å². The Kier molecular flexibility index (Phi) is 4.15. The number of aryl methyl sites for hydroxylation is 2. The fourth-order valence-electron chi connectivity index (χ4n) is 2.85. The van der Waals surface area contributed by atoms with E-state index in [0.717, 1.165) is 33.2 Å². The van der Waals surface area contributed by atoms with Gasteiger partial charge >= 0.3 is 0 Å². The topological polar surface area (TPSA) is 46.9 Å². The molecule has 0 saturated carbocycles. The minimum Gasteiger partial charge on any atom is -0.348 e. The summed E-state index contributed by atoms with van der Waals surface area (Å²) in [5.41, 5.74) is 2.75. The van der Waals surface area contributed by atoms with Gasteiger partial charge in [-0.3, -0.25) is 4.79 Å². The summed E-state index contributed by atoms with van der Waals surface area (Å²) in [5.74, 6) is -0.105. The number of hydrogen-bond donors (Lipinski definition) is 1. The smallest absolute Gasteiger partial charge is 0.267 e. The highest BCUT2D eigenvalue weighted by molar-refractivity contribution is 7.22. The summed E-state index contributed by atoms with van der Waals surface area (Å²) in [5, 5.41) is 7.04. The molecule has 0 fully saturated rings. The molecule has 0 bridgehead atoms. The highest BCUT2D eigenvalue weighted by Gasteiger charge is 2.17. The predicted molar refractivity (Wildman–Crippen MR) is 106 cm³/mol. The minimum absolute atomic E-state index is 0.105. The maximum atomic E-state index is 12.7. The number of hydrogen-bond acceptors (Lipinski definition) is 4. The van der Waals surface area contributed by atoms with Gasteiger partial charge in [0.1, 0.15) is 9.88 Å². The van der Waals surface area contributed by atoms with Crippen LogP contribution in [0, 0.1) is 6.92 Å². The Balaban J connectivity index is 1.60. The first-order valence-corrected chi connectivity index (χ1v) is 9.77. The van der Waals surface area contributed by atoms with Gasteiger partial charge in [0.15, 0.2) is 0 Å². The molecule has 1 amide bonds. The number of carbonyl (C=O) groups excluding carboxylic acids is 1. The Morgan fingerprint density at radius 2 is 2.16 bits per heavy atom. The van der Waals surface area contributed by atoms with E-state index in [4.69, 9.17) is 0 Å². The molecular formula is C19H17N3OS2. The molecule has 3 aromatic heterocycles. The summed E-state index contributed by atoms with van der Waals surface area (Å²) in [4.78, 5) is 19.0. The first kappa shape index (κ1) is 16.1. The average Bonchev–Trinajstić information content (AvgIpc) is 3.33. The van der Waals surface area contributed by atoms with Crippen LogP contribution in [0.15, 0.2) is 48.0 Å². The summed E-state index contributed by atoms with van der Waals surface area (Å²) < 4.78 is 2.18. The fraction of sp³-hybridized carbons (Fsp3) is 0.158. The molecular weight excluding hydrogens is 350 g/mol. The van der Waals surface area contributed by atoms with Crippen molar-refractivity contribution in [3.8, 4) is 9.88 Å². The molecule has 0 aliphatic heterocycles. The number of thiazole rings is 1. The van der Waals surface area contributed by atoms with Crippen molar-refractivity contribution in [2.24, 2.45) is 0 Å². The van der Waals surface area contributed by atoms with Crippen molar-refractivity contribution in [3.05, 3.63) is 58.5 Å². The Hall–Kier alpha value is -2.44. The molecule has 126 valence electrons. The van der Waals surface area contributed by atoms with Gasteiger partial charge < -0.3 is 9.88 Å². The molecule has 4 aromatic rings. The molecule has 25 heavy (non-hydrogen) atoms. The van der Waals surface area contributed by atoms with Crippen LogP contribution in [0.5, 0.6) is 0 Å². The molecule has 0 spiro atoms. The third-order valence-corrected chi connectivity index (χ3v) is 6.30. The fourth-order valence-corrected chi connectivity index (χ4v) is 4.61. The summed E-state index contributed by atoms with van der Waals surface area (Å²) in [6.07, 6.45) is 2.07. The number of aromatic nitrogens is 2. The second-order valence-electron chi connectivity index (χ2n) is 5.74. The zero-order chi connectivity index (χ0) is 17.4. The van der Waals surface area contributed by atoms with E-state index in [0.29, 0.717) is 4.88 Å². The predicted octanol–water partition coefficient (Wildman–Crippen LogP) is 5.41. The maximum absolute atomic E-state index is 12.7. The number of nitrogens with zero attached hydrogens (tertiary/aromatic N) is 2. The summed E-state index contributed by atoms with van der Waals surface area (Å²) in [6.45, 7) is 4.93. The number of rotatable bonds is 4. The quantitative estimate of drug-likeness (QED) is 0.524.